The number of benzene rings is 1. The fourth-order valence-electron chi connectivity index (χ4n) is 1.77. The summed E-state index contributed by atoms with van der Waals surface area (Å²) in [5.74, 6) is 0. The molecule has 0 fully saturated rings. The van der Waals surface area contributed by atoms with Crippen LogP contribution in [0.1, 0.15) is 12.5 Å². The highest BCUT2D eigenvalue weighted by Crippen LogP contribution is 2.15. The molecule has 0 N–H and O–H groups in total. The summed E-state index contributed by atoms with van der Waals surface area (Å²) in [6.07, 6.45) is 0.112. The Morgan fingerprint density at radius 3 is 2.67 bits per heavy atom. The van der Waals surface area contributed by atoms with Crippen molar-refractivity contribution in [3.8, 4) is 17.3 Å². The van der Waals surface area contributed by atoms with Crippen molar-refractivity contribution in [1.82, 2.24) is 9.78 Å². The SMILES string of the molecule is CCn1nc(-c2ccccc2)cc(CC#N)c1=O. The van der Waals surface area contributed by atoms with Gasteiger partial charge < -0.3 is 0 Å². The second-order valence-electron chi connectivity index (χ2n) is 3.88. The van der Waals surface area contributed by atoms with E-state index in [4.69, 9.17) is 5.26 Å². The summed E-state index contributed by atoms with van der Waals surface area (Å²) in [4.78, 5) is 11.9. The van der Waals surface area contributed by atoms with E-state index in [1.807, 2.05) is 43.3 Å². The zero-order valence-electron chi connectivity index (χ0n) is 10.1. The summed E-state index contributed by atoms with van der Waals surface area (Å²) in [6.45, 7) is 2.36. The van der Waals surface area contributed by atoms with E-state index in [1.165, 1.54) is 4.68 Å². The lowest BCUT2D eigenvalue weighted by molar-refractivity contribution is 0.613. The van der Waals surface area contributed by atoms with Gasteiger partial charge in [-0.2, -0.15) is 10.4 Å². The van der Waals surface area contributed by atoms with E-state index in [9.17, 15) is 4.79 Å². The van der Waals surface area contributed by atoms with Gasteiger partial charge in [-0.15, -0.1) is 0 Å². The number of hydrogen-bond donors (Lipinski definition) is 0. The third kappa shape index (κ3) is 2.30. The molecular weight excluding hydrogens is 226 g/mol. The molecule has 0 saturated heterocycles. The Morgan fingerprint density at radius 1 is 1.33 bits per heavy atom. The van der Waals surface area contributed by atoms with Crippen LogP contribution in [-0.2, 0) is 13.0 Å². The highest BCUT2D eigenvalue weighted by molar-refractivity contribution is 5.58. The van der Waals surface area contributed by atoms with Gasteiger partial charge in [-0.1, -0.05) is 30.3 Å². The first kappa shape index (κ1) is 12.1. The highest BCUT2D eigenvalue weighted by Gasteiger charge is 2.08. The Morgan fingerprint density at radius 2 is 2.06 bits per heavy atom. The molecule has 0 aliphatic heterocycles. The quantitative estimate of drug-likeness (QED) is 0.823. The Balaban J connectivity index is 2.60. The molecule has 0 radical (unpaired) electrons. The average Bonchev–Trinajstić information content (AvgIpc) is 2.42. The summed E-state index contributed by atoms with van der Waals surface area (Å²) in [5.41, 5.74) is 1.98. The summed E-state index contributed by atoms with van der Waals surface area (Å²) in [5, 5.41) is 13.0. The zero-order valence-corrected chi connectivity index (χ0v) is 10.1. The molecule has 2 aromatic rings. The van der Waals surface area contributed by atoms with Gasteiger partial charge in [0.2, 0.25) is 0 Å². The van der Waals surface area contributed by atoms with Gasteiger partial charge in [0, 0.05) is 17.7 Å². The minimum atomic E-state index is -0.182. The number of aryl methyl sites for hydroxylation is 1. The van der Waals surface area contributed by atoms with Gasteiger partial charge in [0.05, 0.1) is 18.2 Å². The molecule has 18 heavy (non-hydrogen) atoms. The van der Waals surface area contributed by atoms with E-state index in [-0.39, 0.29) is 12.0 Å². The minimum absolute atomic E-state index is 0.112. The lowest BCUT2D eigenvalue weighted by Gasteiger charge is -2.07. The topological polar surface area (TPSA) is 58.7 Å². The van der Waals surface area contributed by atoms with E-state index in [0.29, 0.717) is 12.1 Å². The van der Waals surface area contributed by atoms with Crippen molar-refractivity contribution in [2.45, 2.75) is 19.9 Å². The van der Waals surface area contributed by atoms with Crippen LogP contribution in [0.5, 0.6) is 0 Å². The lowest BCUT2D eigenvalue weighted by atomic mass is 10.1. The summed E-state index contributed by atoms with van der Waals surface area (Å²) >= 11 is 0. The van der Waals surface area contributed by atoms with Gasteiger partial charge in [-0.3, -0.25) is 4.79 Å². The number of nitrogens with zero attached hydrogens (tertiary/aromatic N) is 3. The maximum Gasteiger partial charge on any atom is 0.271 e. The number of rotatable bonds is 3. The van der Waals surface area contributed by atoms with Crippen LogP contribution in [0.4, 0.5) is 0 Å². The highest BCUT2D eigenvalue weighted by atomic mass is 16.1. The molecule has 0 saturated carbocycles. The molecule has 0 amide bonds. The number of hydrogen-bond acceptors (Lipinski definition) is 3. The van der Waals surface area contributed by atoms with Gasteiger partial charge in [0.15, 0.2) is 0 Å². The first-order valence-corrected chi connectivity index (χ1v) is 5.79. The summed E-state index contributed by atoms with van der Waals surface area (Å²) in [6, 6.07) is 13.3. The molecule has 0 spiro atoms. The molecule has 0 bridgehead atoms. The molecule has 1 aromatic heterocycles. The van der Waals surface area contributed by atoms with Gasteiger partial charge in [0.1, 0.15) is 0 Å². The molecule has 2 rings (SSSR count). The van der Waals surface area contributed by atoms with Crippen LogP contribution in [0.25, 0.3) is 11.3 Å². The van der Waals surface area contributed by atoms with Crippen LogP contribution < -0.4 is 5.56 Å². The van der Waals surface area contributed by atoms with Crippen molar-refractivity contribution in [2.75, 3.05) is 0 Å². The van der Waals surface area contributed by atoms with E-state index in [0.717, 1.165) is 11.3 Å². The molecule has 0 unspecified atom stereocenters. The molecule has 4 nitrogen and oxygen atoms in total. The van der Waals surface area contributed by atoms with E-state index in [2.05, 4.69) is 5.10 Å². The van der Waals surface area contributed by atoms with Crippen LogP contribution >= 0.6 is 0 Å². The largest absolute Gasteiger partial charge is 0.271 e. The predicted molar refractivity (Wildman–Crippen MR) is 68.9 cm³/mol. The van der Waals surface area contributed by atoms with Crippen molar-refractivity contribution in [3.63, 3.8) is 0 Å². The van der Waals surface area contributed by atoms with Crippen molar-refractivity contribution in [1.29, 1.82) is 5.26 Å². The summed E-state index contributed by atoms with van der Waals surface area (Å²) < 4.78 is 1.40. The molecule has 4 heteroatoms. The molecule has 0 atom stereocenters. The number of nitriles is 1. The molecule has 1 aromatic carbocycles. The second kappa shape index (κ2) is 5.28. The van der Waals surface area contributed by atoms with Crippen molar-refractivity contribution in [2.24, 2.45) is 0 Å². The first-order chi connectivity index (χ1) is 8.76. The Hall–Kier alpha value is -2.41. The van der Waals surface area contributed by atoms with Crippen LogP contribution in [-0.4, -0.2) is 9.78 Å². The number of aromatic nitrogens is 2. The van der Waals surface area contributed by atoms with Gasteiger partial charge in [-0.25, -0.2) is 4.68 Å². The molecular formula is C14H13N3O. The van der Waals surface area contributed by atoms with Gasteiger partial charge in [0.25, 0.3) is 5.56 Å². The second-order valence-corrected chi connectivity index (χ2v) is 3.88. The first-order valence-electron chi connectivity index (χ1n) is 5.79. The minimum Gasteiger partial charge on any atom is -0.267 e. The fraction of sp³-hybridized carbons (Fsp3) is 0.214. The van der Waals surface area contributed by atoms with Crippen LogP contribution in [0.3, 0.4) is 0 Å². The third-order valence-electron chi connectivity index (χ3n) is 2.69. The standard InChI is InChI=1S/C14H13N3O/c1-2-17-14(18)12(8-9-15)10-13(16-17)11-6-4-3-5-7-11/h3-7,10H,2,8H2,1H3. The van der Waals surface area contributed by atoms with Crippen molar-refractivity contribution < 1.29 is 0 Å². The van der Waals surface area contributed by atoms with Gasteiger partial charge >= 0.3 is 0 Å². The summed E-state index contributed by atoms with van der Waals surface area (Å²) in [7, 11) is 0. The fourth-order valence-corrected chi connectivity index (χ4v) is 1.77. The molecule has 90 valence electrons. The van der Waals surface area contributed by atoms with E-state index < -0.39 is 0 Å². The maximum atomic E-state index is 11.9. The van der Waals surface area contributed by atoms with Gasteiger partial charge in [-0.05, 0) is 13.0 Å². The van der Waals surface area contributed by atoms with Crippen LogP contribution in [0.2, 0.25) is 0 Å². The monoisotopic (exact) mass is 239 g/mol. The predicted octanol–water partition coefficient (Wildman–Crippen LogP) is 2.00. The molecule has 1 heterocycles. The average molecular weight is 239 g/mol. The van der Waals surface area contributed by atoms with E-state index in [1.54, 1.807) is 6.07 Å². The van der Waals surface area contributed by atoms with Crippen LogP contribution in [0, 0.1) is 11.3 Å². The maximum absolute atomic E-state index is 11.9. The lowest BCUT2D eigenvalue weighted by Crippen LogP contribution is -2.25. The normalized spacial score (nSPS) is 10.0. The van der Waals surface area contributed by atoms with Crippen molar-refractivity contribution >= 4 is 0 Å². The Bertz CT molecular complexity index is 638. The molecule has 0 aliphatic rings. The molecule has 0 aliphatic carbocycles. The smallest absolute Gasteiger partial charge is 0.267 e. The van der Waals surface area contributed by atoms with E-state index >= 15 is 0 Å². The van der Waals surface area contributed by atoms with Crippen molar-refractivity contribution in [3.05, 3.63) is 52.3 Å². The third-order valence-corrected chi connectivity index (χ3v) is 2.69. The van der Waals surface area contributed by atoms with Crippen LogP contribution in [0.15, 0.2) is 41.2 Å². The zero-order chi connectivity index (χ0) is 13.0. The Kier molecular flexibility index (Phi) is 3.54. The Labute approximate surface area is 105 Å².